The van der Waals surface area contributed by atoms with Crippen molar-refractivity contribution in [2.75, 3.05) is 10.5 Å². The molecule has 0 aliphatic rings. The van der Waals surface area contributed by atoms with Crippen LogP contribution in [-0.4, -0.2) is 8.42 Å². The maximum absolute atomic E-state index is 13.5. The molecule has 0 saturated carbocycles. The third kappa shape index (κ3) is 2.82. The average Bonchev–Trinajstić information content (AvgIpc) is 2.38. The SMILES string of the molecule is Nc1c(Cl)ccc(S(=O)(=O)Nc2ccccc2F)c1Cl. The van der Waals surface area contributed by atoms with E-state index in [1.807, 2.05) is 0 Å². The number of nitrogens with two attached hydrogens (primary N) is 1. The number of rotatable bonds is 3. The number of benzene rings is 2. The lowest BCUT2D eigenvalue weighted by Crippen LogP contribution is -2.15. The summed E-state index contributed by atoms with van der Waals surface area (Å²) in [7, 11) is -4.07. The van der Waals surface area contributed by atoms with Crippen LogP contribution in [0.15, 0.2) is 41.3 Å². The molecular formula is C12H9Cl2FN2O2S. The van der Waals surface area contributed by atoms with Gasteiger partial charge in [0.15, 0.2) is 0 Å². The van der Waals surface area contributed by atoms with E-state index in [2.05, 4.69) is 4.72 Å². The fourth-order valence-corrected chi connectivity index (χ4v) is 3.33. The predicted molar refractivity (Wildman–Crippen MR) is 78.1 cm³/mol. The monoisotopic (exact) mass is 334 g/mol. The van der Waals surface area contributed by atoms with Crippen LogP contribution in [0.4, 0.5) is 15.8 Å². The number of hydrogen-bond acceptors (Lipinski definition) is 3. The fraction of sp³-hybridized carbons (Fsp3) is 0. The third-order valence-corrected chi connectivity index (χ3v) is 4.76. The van der Waals surface area contributed by atoms with Gasteiger partial charge in [-0.2, -0.15) is 0 Å². The van der Waals surface area contributed by atoms with Gasteiger partial charge in [-0.3, -0.25) is 4.72 Å². The van der Waals surface area contributed by atoms with Crippen molar-refractivity contribution in [1.29, 1.82) is 0 Å². The Morgan fingerprint density at radius 1 is 1.10 bits per heavy atom. The van der Waals surface area contributed by atoms with Crippen LogP contribution in [0, 0.1) is 5.82 Å². The van der Waals surface area contributed by atoms with Gasteiger partial charge in [-0.25, -0.2) is 12.8 Å². The topological polar surface area (TPSA) is 72.2 Å². The summed E-state index contributed by atoms with van der Waals surface area (Å²) < 4.78 is 39.9. The van der Waals surface area contributed by atoms with Crippen LogP contribution in [0.1, 0.15) is 0 Å². The summed E-state index contributed by atoms with van der Waals surface area (Å²) in [4.78, 5) is -0.274. The van der Waals surface area contributed by atoms with Crippen LogP contribution in [0.2, 0.25) is 10.0 Å². The number of sulfonamides is 1. The molecule has 2 rings (SSSR count). The number of para-hydroxylation sites is 1. The number of hydrogen-bond donors (Lipinski definition) is 2. The summed E-state index contributed by atoms with van der Waals surface area (Å²) in [5.74, 6) is -0.700. The molecule has 0 unspecified atom stereocenters. The molecule has 0 atom stereocenters. The molecule has 20 heavy (non-hydrogen) atoms. The molecule has 0 bridgehead atoms. The Hall–Kier alpha value is -1.50. The first-order chi connectivity index (χ1) is 9.33. The standard InChI is InChI=1S/C12H9Cl2FN2O2S/c13-7-5-6-10(11(14)12(7)16)20(18,19)17-9-4-2-1-3-8(9)15/h1-6,17H,16H2. The zero-order valence-electron chi connectivity index (χ0n) is 9.90. The summed E-state index contributed by atoms with van der Waals surface area (Å²) in [5, 5.41) is -0.0684. The molecule has 2 aromatic carbocycles. The van der Waals surface area contributed by atoms with Gasteiger partial charge in [0.1, 0.15) is 10.7 Å². The molecule has 8 heteroatoms. The van der Waals surface area contributed by atoms with Gasteiger partial charge in [0.05, 0.1) is 21.4 Å². The predicted octanol–water partition coefficient (Wildman–Crippen LogP) is 3.52. The quantitative estimate of drug-likeness (QED) is 0.843. The highest BCUT2D eigenvalue weighted by Gasteiger charge is 2.21. The molecule has 0 fully saturated rings. The molecule has 0 spiro atoms. The molecule has 0 aliphatic heterocycles. The molecule has 0 amide bonds. The van der Waals surface area contributed by atoms with Crippen molar-refractivity contribution in [3.8, 4) is 0 Å². The van der Waals surface area contributed by atoms with E-state index in [0.29, 0.717) is 0 Å². The largest absolute Gasteiger partial charge is 0.396 e. The zero-order valence-corrected chi connectivity index (χ0v) is 12.2. The third-order valence-electron chi connectivity index (χ3n) is 2.50. The normalized spacial score (nSPS) is 11.3. The number of halogens is 3. The summed E-state index contributed by atoms with van der Waals surface area (Å²) in [6, 6.07) is 7.87. The first-order valence-electron chi connectivity index (χ1n) is 5.34. The minimum Gasteiger partial charge on any atom is -0.396 e. The van der Waals surface area contributed by atoms with E-state index in [0.717, 1.165) is 6.07 Å². The molecular weight excluding hydrogens is 326 g/mol. The van der Waals surface area contributed by atoms with Gasteiger partial charge in [0, 0.05) is 0 Å². The van der Waals surface area contributed by atoms with Crippen molar-refractivity contribution >= 4 is 44.6 Å². The highest BCUT2D eigenvalue weighted by molar-refractivity contribution is 7.92. The second-order valence-electron chi connectivity index (χ2n) is 3.86. The van der Waals surface area contributed by atoms with E-state index in [1.54, 1.807) is 0 Å². The summed E-state index contributed by atoms with van der Waals surface area (Å²) in [6.45, 7) is 0. The van der Waals surface area contributed by atoms with Crippen LogP contribution in [0.3, 0.4) is 0 Å². The Kier molecular flexibility index (Phi) is 4.08. The van der Waals surface area contributed by atoms with Crippen molar-refractivity contribution in [3.05, 3.63) is 52.3 Å². The molecule has 3 N–H and O–H groups in total. The zero-order chi connectivity index (χ0) is 14.9. The Labute approximate surface area is 125 Å². The second kappa shape index (κ2) is 5.47. The lowest BCUT2D eigenvalue weighted by Gasteiger charge is -2.11. The van der Waals surface area contributed by atoms with Gasteiger partial charge in [-0.15, -0.1) is 0 Å². The minimum absolute atomic E-state index is 0.0512. The van der Waals surface area contributed by atoms with Crippen LogP contribution in [-0.2, 0) is 10.0 Å². The summed E-state index contributed by atoms with van der Waals surface area (Å²) in [6.07, 6.45) is 0. The molecule has 4 nitrogen and oxygen atoms in total. The van der Waals surface area contributed by atoms with Gasteiger partial charge >= 0.3 is 0 Å². The van der Waals surface area contributed by atoms with Crippen molar-refractivity contribution in [1.82, 2.24) is 0 Å². The lowest BCUT2D eigenvalue weighted by molar-refractivity contribution is 0.598. The van der Waals surface area contributed by atoms with E-state index in [9.17, 15) is 12.8 Å². The number of anilines is 2. The van der Waals surface area contributed by atoms with E-state index in [4.69, 9.17) is 28.9 Å². The van der Waals surface area contributed by atoms with E-state index in [1.165, 1.54) is 30.3 Å². The first kappa shape index (κ1) is 14.9. The Morgan fingerprint density at radius 2 is 1.75 bits per heavy atom. The van der Waals surface area contributed by atoms with Crippen molar-refractivity contribution in [2.45, 2.75) is 4.90 Å². The minimum atomic E-state index is -4.07. The highest BCUT2D eigenvalue weighted by Crippen LogP contribution is 2.34. The molecule has 0 heterocycles. The van der Waals surface area contributed by atoms with Gasteiger partial charge in [-0.1, -0.05) is 35.3 Å². The highest BCUT2D eigenvalue weighted by atomic mass is 35.5. The number of nitrogens with one attached hydrogen (secondary N) is 1. The van der Waals surface area contributed by atoms with Gasteiger partial charge in [0.25, 0.3) is 10.0 Å². The average molecular weight is 335 g/mol. The van der Waals surface area contributed by atoms with E-state index >= 15 is 0 Å². The van der Waals surface area contributed by atoms with Crippen LogP contribution < -0.4 is 10.5 Å². The second-order valence-corrected chi connectivity index (χ2v) is 6.29. The molecule has 0 saturated heterocycles. The molecule has 0 radical (unpaired) electrons. The lowest BCUT2D eigenvalue weighted by atomic mass is 10.3. The van der Waals surface area contributed by atoms with Gasteiger partial charge in [0.2, 0.25) is 0 Å². The van der Waals surface area contributed by atoms with Crippen LogP contribution in [0.25, 0.3) is 0 Å². The Bertz CT molecular complexity index is 766. The summed E-state index contributed by atoms with van der Waals surface area (Å²) in [5.41, 5.74) is 5.34. The van der Waals surface area contributed by atoms with Gasteiger partial charge in [-0.05, 0) is 24.3 Å². The maximum atomic E-state index is 13.5. The summed E-state index contributed by atoms with van der Waals surface area (Å²) >= 11 is 11.6. The van der Waals surface area contributed by atoms with Crippen molar-refractivity contribution in [3.63, 3.8) is 0 Å². The number of nitrogen functional groups attached to an aromatic ring is 1. The smallest absolute Gasteiger partial charge is 0.263 e. The van der Waals surface area contributed by atoms with Crippen LogP contribution >= 0.6 is 23.2 Å². The Morgan fingerprint density at radius 3 is 2.40 bits per heavy atom. The van der Waals surface area contributed by atoms with Crippen molar-refractivity contribution in [2.24, 2.45) is 0 Å². The van der Waals surface area contributed by atoms with E-state index in [-0.39, 0.29) is 26.3 Å². The molecule has 0 aromatic heterocycles. The first-order valence-corrected chi connectivity index (χ1v) is 7.57. The van der Waals surface area contributed by atoms with Crippen LogP contribution in [0.5, 0.6) is 0 Å². The Balaban J connectivity index is 2.47. The fourth-order valence-electron chi connectivity index (χ4n) is 1.50. The molecule has 106 valence electrons. The van der Waals surface area contributed by atoms with Crippen molar-refractivity contribution < 1.29 is 12.8 Å². The van der Waals surface area contributed by atoms with E-state index < -0.39 is 15.8 Å². The maximum Gasteiger partial charge on any atom is 0.263 e. The molecule has 2 aromatic rings. The molecule has 0 aliphatic carbocycles. The van der Waals surface area contributed by atoms with Gasteiger partial charge < -0.3 is 5.73 Å².